The summed E-state index contributed by atoms with van der Waals surface area (Å²) < 4.78 is 6.00. The van der Waals surface area contributed by atoms with Gasteiger partial charge in [0, 0.05) is 0 Å². The van der Waals surface area contributed by atoms with Crippen LogP contribution in [0.3, 0.4) is 0 Å². The van der Waals surface area contributed by atoms with E-state index in [1.165, 1.54) is 0 Å². The van der Waals surface area contributed by atoms with Crippen LogP contribution in [0, 0.1) is 0 Å². The standard InChI is InChI=1S/C2H3NO2/c4-1-3-2-5/h1-2H,(H,3,4,5)/i1D. The molecule has 0 radical (unpaired) electrons. The molecule has 0 saturated carbocycles. The number of hydrogen-bond donors (Lipinski definition) is 1. The lowest BCUT2D eigenvalue weighted by Gasteiger charge is -1.64. The van der Waals surface area contributed by atoms with Gasteiger partial charge in [0.25, 0.3) is 0 Å². The number of imide groups is 1. The molecule has 0 aromatic rings. The van der Waals surface area contributed by atoms with Crippen LogP contribution < -0.4 is 5.32 Å². The third kappa shape index (κ3) is 3.14. The lowest BCUT2D eigenvalue weighted by Crippen LogP contribution is -2.04. The minimum Gasteiger partial charge on any atom is -0.302 e. The number of carbonyl (C=O) groups excluding carboxylic acids is 2. The zero-order valence-electron chi connectivity index (χ0n) is 3.39. The smallest absolute Gasteiger partial charge is 0.213 e. The Morgan fingerprint density at radius 1 is 1.80 bits per heavy atom. The Morgan fingerprint density at radius 3 is 2.40 bits per heavy atom. The van der Waals surface area contributed by atoms with Crippen molar-refractivity contribution in [3.63, 3.8) is 0 Å². The van der Waals surface area contributed by atoms with Crippen molar-refractivity contribution >= 4 is 12.8 Å². The summed E-state index contributed by atoms with van der Waals surface area (Å²) in [6, 6.07) is 0. The number of rotatable bonds is 1. The lowest BCUT2D eigenvalue weighted by atomic mass is 11.2. The molecule has 0 atom stereocenters. The van der Waals surface area contributed by atoms with Crippen molar-refractivity contribution in [3.05, 3.63) is 0 Å². The number of amides is 2. The van der Waals surface area contributed by atoms with Gasteiger partial charge in [-0.2, -0.15) is 0 Å². The van der Waals surface area contributed by atoms with Crippen LogP contribution in [0.2, 0.25) is 0 Å². The van der Waals surface area contributed by atoms with E-state index in [2.05, 4.69) is 0 Å². The number of hydrogen-bond acceptors (Lipinski definition) is 2. The van der Waals surface area contributed by atoms with Gasteiger partial charge < -0.3 is 5.32 Å². The van der Waals surface area contributed by atoms with Crippen LogP contribution in [-0.2, 0) is 9.59 Å². The van der Waals surface area contributed by atoms with Crippen molar-refractivity contribution < 1.29 is 11.0 Å². The molecular formula is C2H3NO2. The molecule has 0 aliphatic heterocycles. The Morgan fingerprint density at radius 2 is 2.40 bits per heavy atom. The molecule has 0 spiro atoms. The second kappa shape index (κ2) is 3.14. The Balaban J connectivity index is 3.05. The van der Waals surface area contributed by atoms with Crippen LogP contribution in [0.5, 0.6) is 0 Å². The van der Waals surface area contributed by atoms with Crippen molar-refractivity contribution in [2.24, 2.45) is 0 Å². The molecule has 0 fully saturated rings. The van der Waals surface area contributed by atoms with E-state index in [9.17, 15) is 4.79 Å². The minimum absolute atomic E-state index is 0.162. The number of nitrogens with one attached hydrogen (secondary N) is 1. The fourth-order valence-electron chi connectivity index (χ4n) is 0.0241. The van der Waals surface area contributed by atoms with Gasteiger partial charge in [-0.25, -0.2) is 0 Å². The van der Waals surface area contributed by atoms with Crippen LogP contribution in [0.15, 0.2) is 0 Å². The Labute approximate surface area is 30.4 Å². The zero-order valence-corrected chi connectivity index (χ0v) is 2.39. The molecule has 0 aromatic heterocycles. The highest BCUT2D eigenvalue weighted by atomic mass is 16.2. The van der Waals surface area contributed by atoms with Crippen molar-refractivity contribution in [2.45, 2.75) is 0 Å². The first kappa shape index (κ1) is 2.38. The minimum atomic E-state index is -1.08. The second-order valence-electron chi connectivity index (χ2n) is 0.364. The molecule has 0 unspecified atom stereocenters. The molecule has 0 aromatic carbocycles. The quantitative estimate of drug-likeness (QED) is 0.401. The molecule has 0 aliphatic rings. The molecule has 3 nitrogen and oxygen atoms in total. The van der Waals surface area contributed by atoms with Crippen molar-refractivity contribution in [2.75, 3.05) is 0 Å². The summed E-state index contributed by atoms with van der Waals surface area (Å²) in [6.45, 7) is 0. The van der Waals surface area contributed by atoms with Crippen LogP contribution in [0.25, 0.3) is 0 Å². The molecular weight excluding hydrogens is 70.0 g/mol. The topological polar surface area (TPSA) is 46.2 Å². The molecule has 28 valence electrons. The molecule has 0 rings (SSSR count). The monoisotopic (exact) mass is 74.0 g/mol. The van der Waals surface area contributed by atoms with E-state index in [1.807, 2.05) is 0 Å². The van der Waals surface area contributed by atoms with Gasteiger partial charge in [0.05, 0.1) is 0 Å². The van der Waals surface area contributed by atoms with Crippen molar-refractivity contribution in [1.29, 1.82) is 0 Å². The second-order valence-corrected chi connectivity index (χ2v) is 0.364. The van der Waals surface area contributed by atoms with E-state index in [0.29, 0.717) is 0 Å². The van der Waals surface area contributed by atoms with Crippen molar-refractivity contribution in [1.82, 2.24) is 5.32 Å². The first-order valence-corrected chi connectivity index (χ1v) is 0.979. The predicted molar refractivity (Wildman–Crippen MR) is 15.3 cm³/mol. The average Bonchev–Trinajstić information content (AvgIpc) is 1.35. The average molecular weight is 74.1 g/mol. The van der Waals surface area contributed by atoms with E-state index in [1.54, 1.807) is 5.32 Å². The van der Waals surface area contributed by atoms with Crippen LogP contribution in [-0.4, -0.2) is 12.8 Å². The highest BCUT2D eigenvalue weighted by molar-refractivity contribution is 5.67. The molecule has 0 heterocycles. The highest BCUT2D eigenvalue weighted by Crippen LogP contribution is 1.17. The largest absolute Gasteiger partial charge is 0.302 e. The fourth-order valence-corrected chi connectivity index (χ4v) is 0.0241. The lowest BCUT2D eigenvalue weighted by molar-refractivity contribution is -0.117. The molecule has 0 bridgehead atoms. The summed E-state index contributed by atoms with van der Waals surface area (Å²) in [4.78, 5) is 18.5. The summed E-state index contributed by atoms with van der Waals surface area (Å²) in [5.41, 5.74) is 0. The molecule has 3 heteroatoms. The fraction of sp³-hybridized carbons (Fsp3) is 0. The SMILES string of the molecule is [2H]C(=O)NC=O. The molecule has 0 aliphatic carbocycles. The summed E-state index contributed by atoms with van der Waals surface area (Å²) in [7, 11) is 0. The van der Waals surface area contributed by atoms with Gasteiger partial charge in [0.2, 0.25) is 12.8 Å². The maximum atomic E-state index is 9.37. The van der Waals surface area contributed by atoms with Gasteiger partial charge >= 0.3 is 0 Å². The van der Waals surface area contributed by atoms with Gasteiger partial charge in [-0.05, 0) is 0 Å². The number of carbonyl (C=O) groups is 2. The van der Waals surface area contributed by atoms with Crippen LogP contribution in [0.1, 0.15) is 1.37 Å². The Kier molecular flexibility index (Phi) is 1.50. The van der Waals surface area contributed by atoms with Gasteiger partial charge in [-0.1, -0.05) is 0 Å². The van der Waals surface area contributed by atoms with E-state index >= 15 is 0 Å². The van der Waals surface area contributed by atoms with Crippen LogP contribution >= 0.6 is 0 Å². The van der Waals surface area contributed by atoms with E-state index < -0.39 is 6.39 Å². The highest BCUT2D eigenvalue weighted by Gasteiger charge is 1.56. The van der Waals surface area contributed by atoms with E-state index in [-0.39, 0.29) is 6.41 Å². The predicted octanol–water partition coefficient (Wildman–Crippen LogP) is -1.11. The third-order valence-corrected chi connectivity index (χ3v) is 0.118. The van der Waals surface area contributed by atoms with E-state index in [4.69, 9.17) is 6.17 Å². The first-order valence-electron chi connectivity index (χ1n) is 1.48. The third-order valence-electron chi connectivity index (χ3n) is 0.118. The zero-order chi connectivity index (χ0) is 4.99. The summed E-state index contributed by atoms with van der Waals surface area (Å²) in [6.07, 6.45) is -0.917. The van der Waals surface area contributed by atoms with Gasteiger partial charge in [0.15, 0.2) is 0 Å². The molecule has 5 heavy (non-hydrogen) atoms. The van der Waals surface area contributed by atoms with Gasteiger partial charge in [-0.3, -0.25) is 9.59 Å². The van der Waals surface area contributed by atoms with E-state index in [0.717, 1.165) is 0 Å². The molecule has 0 saturated heterocycles. The summed E-state index contributed by atoms with van der Waals surface area (Å²) >= 11 is 0. The Hall–Kier alpha value is -0.860. The Bertz CT molecular complexity index is 71.9. The van der Waals surface area contributed by atoms with Crippen LogP contribution in [0.4, 0.5) is 0 Å². The maximum Gasteiger partial charge on any atom is 0.213 e. The normalized spacial score (nSPS) is 8.40. The van der Waals surface area contributed by atoms with Gasteiger partial charge in [0.1, 0.15) is 1.37 Å². The summed E-state index contributed by atoms with van der Waals surface area (Å²) in [5, 5.41) is 1.56. The van der Waals surface area contributed by atoms with Gasteiger partial charge in [-0.15, -0.1) is 0 Å². The molecule has 1 N–H and O–H groups in total. The van der Waals surface area contributed by atoms with Crippen molar-refractivity contribution in [3.8, 4) is 0 Å². The first-order chi connectivity index (χ1) is 2.77. The summed E-state index contributed by atoms with van der Waals surface area (Å²) in [5.74, 6) is 0. The molecule has 2 amide bonds. The maximum absolute atomic E-state index is 9.37.